The Labute approximate surface area is 90.7 Å². The Balaban J connectivity index is 2.75. The second kappa shape index (κ2) is 3.70. The van der Waals surface area contributed by atoms with Crippen molar-refractivity contribution in [3.8, 4) is 0 Å². The van der Waals surface area contributed by atoms with Gasteiger partial charge in [0.15, 0.2) is 0 Å². The summed E-state index contributed by atoms with van der Waals surface area (Å²) in [6.07, 6.45) is 0. The van der Waals surface area contributed by atoms with Gasteiger partial charge in [-0.15, -0.1) is 0 Å². The molecule has 0 fully saturated rings. The summed E-state index contributed by atoms with van der Waals surface area (Å²) in [4.78, 5) is 0. The molecule has 80 valence electrons. The number of benzene rings is 1. The molecule has 2 heteroatoms. The van der Waals surface area contributed by atoms with Crippen LogP contribution in [0.1, 0.15) is 38.5 Å². The second-order valence-corrected chi connectivity index (χ2v) is 4.38. The van der Waals surface area contributed by atoms with Gasteiger partial charge in [0.1, 0.15) is 0 Å². The SMILES string of the molecule is CC(N)c1cc2ccccc2n1C(C)C. The fourth-order valence-corrected chi connectivity index (χ4v) is 2.12. The molecule has 0 radical (unpaired) electrons. The Hall–Kier alpha value is -1.28. The highest BCUT2D eigenvalue weighted by Gasteiger charge is 2.13. The van der Waals surface area contributed by atoms with Gasteiger partial charge in [0.25, 0.3) is 0 Å². The van der Waals surface area contributed by atoms with E-state index in [0.717, 1.165) is 0 Å². The van der Waals surface area contributed by atoms with E-state index in [0.29, 0.717) is 6.04 Å². The van der Waals surface area contributed by atoms with E-state index in [1.54, 1.807) is 0 Å². The smallest absolute Gasteiger partial charge is 0.0485 e. The number of rotatable bonds is 2. The topological polar surface area (TPSA) is 30.9 Å². The van der Waals surface area contributed by atoms with Crippen LogP contribution in [0.25, 0.3) is 10.9 Å². The number of hydrogen-bond acceptors (Lipinski definition) is 1. The maximum atomic E-state index is 6.00. The summed E-state index contributed by atoms with van der Waals surface area (Å²) in [6, 6.07) is 11.2. The summed E-state index contributed by atoms with van der Waals surface area (Å²) in [5, 5.41) is 1.28. The number of nitrogens with zero attached hydrogens (tertiary/aromatic N) is 1. The molecule has 1 aromatic carbocycles. The number of hydrogen-bond donors (Lipinski definition) is 1. The number of para-hydroxylation sites is 1. The van der Waals surface area contributed by atoms with Crippen molar-refractivity contribution in [2.75, 3.05) is 0 Å². The van der Waals surface area contributed by atoms with E-state index in [9.17, 15) is 0 Å². The molecule has 0 amide bonds. The van der Waals surface area contributed by atoms with Gasteiger partial charge in [0, 0.05) is 23.3 Å². The Morgan fingerprint density at radius 2 is 1.80 bits per heavy atom. The minimum atomic E-state index is 0.0831. The first-order valence-electron chi connectivity index (χ1n) is 5.46. The number of fused-ring (bicyclic) bond motifs is 1. The molecular weight excluding hydrogens is 184 g/mol. The molecule has 1 unspecified atom stereocenters. The maximum Gasteiger partial charge on any atom is 0.0485 e. The lowest BCUT2D eigenvalue weighted by Gasteiger charge is -2.16. The van der Waals surface area contributed by atoms with Crippen LogP contribution >= 0.6 is 0 Å². The highest BCUT2D eigenvalue weighted by atomic mass is 15.0. The fraction of sp³-hybridized carbons (Fsp3) is 0.385. The van der Waals surface area contributed by atoms with Crippen LogP contribution in [-0.2, 0) is 0 Å². The number of nitrogens with two attached hydrogens (primary N) is 1. The third kappa shape index (κ3) is 1.65. The van der Waals surface area contributed by atoms with Gasteiger partial charge in [-0.1, -0.05) is 18.2 Å². The Kier molecular flexibility index (Phi) is 2.53. The van der Waals surface area contributed by atoms with Crippen LogP contribution in [-0.4, -0.2) is 4.57 Å². The summed E-state index contributed by atoms with van der Waals surface area (Å²) in [6.45, 7) is 6.42. The van der Waals surface area contributed by atoms with Crippen LogP contribution in [0.15, 0.2) is 30.3 Å². The van der Waals surface area contributed by atoms with Crippen LogP contribution in [0, 0.1) is 0 Å². The molecular formula is C13H18N2. The normalized spacial score (nSPS) is 13.7. The first kappa shape index (κ1) is 10.2. The molecule has 2 rings (SSSR count). The van der Waals surface area contributed by atoms with Crippen molar-refractivity contribution in [2.45, 2.75) is 32.9 Å². The zero-order chi connectivity index (χ0) is 11.0. The van der Waals surface area contributed by atoms with Gasteiger partial charge in [0.05, 0.1) is 0 Å². The van der Waals surface area contributed by atoms with Crippen molar-refractivity contribution < 1.29 is 0 Å². The standard InChI is InChI=1S/C13H18N2/c1-9(2)15-12-7-5-4-6-11(12)8-13(15)10(3)14/h4-10H,14H2,1-3H3. The van der Waals surface area contributed by atoms with Crippen molar-refractivity contribution in [1.82, 2.24) is 4.57 Å². The molecule has 2 nitrogen and oxygen atoms in total. The fourth-order valence-electron chi connectivity index (χ4n) is 2.12. The molecule has 1 heterocycles. The first-order valence-corrected chi connectivity index (χ1v) is 5.46. The molecule has 0 aliphatic carbocycles. The summed E-state index contributed by atoms with van der Waals surface area (Å²) in [7, 11) is 0. The number of aromatic nitrogens is 1. The largest absolute Gasteiger partial charge is 0.341 e. The van der Waals surface area contributed by atoms with Gasteiger partial charge in [0.2, 0.25) is 0 Å². The summed E-state index contributed by atoms with van der Waals surface area (Å²) in [5.41, 5.74) is 8.49. The van der Waals surface area contributed by atoms with Crippen molar-refractivity contribution in [1.29, 1.82) is 0 Å². The second-order valence-electron chi connectivity index (χ2n) is 4.38. The highest BCUT2D eigenvalue weighted by molar-refractivity contribution is 5.81. The molecule has 2 N–H and O–H groups in total. The van der Waals surface area contributed by atoms with Crippen molar-refractivity contribution in [2.24, 2.45) is 5.73 Å². The summed E-state index contributed by atoms with van der Waals surface area (Å²) in [5.74, 6) is 0. The molecule has 0 saturated carbocycles. The Morgan fingerprint density at radius 3 is 2.40 bits per heavy atom. The Morgan fingerprint density at radius 1 is 1.13 bits per heavy atom. The lowest BCUT2D eigenvalue weighted by Crippen LogP contribution is -2.13. The molecule has 0 spiro atoms. The van der Waals surface area contributed by atoms with Crippen molar-refractivity contribution in [3.63, 3.8) is 0 Å². The zero-order valence-electron chi connectivity index (χ0n) is 9.57. The average Bonchev–Trinajstić information content (AvgIpc) is 2.56. The molecule has 15 heavy (non-hydrogen) atoms. The lowest BCUT2D eigenvalue weighted by atomic mass is 10.2. The Bertz CT molecular complexity index is 466. The van der Waals surface area contributed by atoms with Gasteiger partial charge >= 0.3 is 0 Å². The minimum Gasteiger partial charge on any atom is -0.341 e. The van der Waals surface area contributed by atoms with E-state index in [-0.39, 0.29) is 6.04 Å². The lowest BCUT2D eigenvalue weighted by molar-refractivity contribution is 0.571. The minimum absolute atomic E-state index is 0.0831. The quantitative estimate of drug-likeness (QED) is 0.796. The van der Waals surface area contributed by atoms with E-state index < -0.39 is 0 Å². The molecule has 0 saturated heterocycles. The van der Waals surface area contributed by atoms with E-state index in [1.807, 2.05) is 6.92 Å². The molecule has 1 aromatic heterocycles. The van der Waals surface area contributed by atoms with Gasteiger partial charge in [-0.3, -0.25) is 0 Å². The van der Waals surface area contributed by atoms with Crippen LogP contribution in [0.4, 0.5) is 0 Å². The zero-order valence-corrected chi connectivity index (χ0v) is 9.57. The molecule has 0 bridgehead atoms. The van der Waals surface area contributed by atoms with Gasteiger partial charge in [-0.2, -0.15) is 0 Å². The van der Waals surface area contributed by atoms with Crippen LogP contribution in [0.2, 0.25) is 0 Å². The predicted molar refractivity (Wildman–Crippen MR) is 64.9 cm³/mol. The van der Waals surface area contributed by atoms with Crippen LogP contribution in [0.3, 0.4) is 0 Å². The van der Waals surface area contributed by atoms with Crippen LogP contribution < -0.4 is 5.73 Å². The van der Waals surface area contributed by atoms with Crippen molar-refractivity contribution >= 4 is 10.9 Å². The summed E-state index contributed by atoms with van der Waals surface area (Å²) < 4.78 is 2.32. The van der Waals surface area contributed by atoms with Gasteiger partial charge < -0.3 is 10.3 Å². The van der Waals surface area contributed by atoms with E-state index in [4.69, 9.17) is 5.73 Å². The van der Waals surface area contributed by atoms with E-state index in [2.05, 4.69) is 48.7 Å². The third-order valence-electron chi connectivity index (χ3n) is 2.76. The predicted octanol–water partition coefficient (Wildman–Crippen LogP) is 3.24. The van der Waals surface area contributed by atoms with Gasteiger partial charge in [-0.25, -0.2) is 0 Å². The van der Waals surface area contributed by atoms with Gasteiger partial charge in [-0.05, 0) is 38.3 Å². The van der Waals surface area contributed by atoms with E-state index >= 15 is 0 Å². The molecule has 0 aliphatic heterocycles. The summed E-state index contributed by atoms with van der Waals surface area (Å²) >= 11 is 0. The van der Waals surface area contributed by atoms with Crippen molar-refractivity contribution in [3.05, 3.63) is 36.0 Å². The third-order valence-corrected chi connectivity index (χ3v) is 2.76. The first-order chi connectivity index (χ1) is 7.11. The maximum absolute atomic E-state index is 6.00. The highest BCUT2D eigenvalue weighted by Crippen LogP contribution is 2.26. The van der Waals surface area contributed by atoms with E-state index in [1.165, 1.54) is 16.6 Å². The molecule has 1 atom stereocenters. The monoisotopic (exact) mass is 202 g/mol. The average molecular weight is 202 g/mol. The molecule has 0 aliphatic rings. The molecule has 2 aromatic rings. The van der Waals surface area contributed by atoms with Crippen LogP contribution in [0.5, 0.6) is 0 Å².